The van der Waals surface area contributed by atoms with Gasteiger partial charge < -0.3 is 19.3 Å². The highest BCUT2D eigenvalue weighted by atomic mass is 16.5. The summed E-state index contributed by atoms with van der Waals surface area (Å²) in [6.07, 6.45) is 0.795. The Labute approximate surface area is 141 Å². The monoisotopic (exact) mass is 328 g/mol. The summed E-state index contributed by atoms with van der Waals surface area (Å²) in [5, 5.41) is 9.41. The number of carbonyl (C=O) groups excluding carboxylic acids is 1. The van der Waals surface area contributed by atoms with Crippen LogP contribution in [0.3, 0.4) is 0 Å². The van der Waals surface area contributed by atoms with E-state index in [1.165, 1.54) is 21.3 Å². The molecule has 0 spiro atoms. The molecule has 2 aromatic carbocycles. The average molecular weight is 328 g/mol. The Kier molecular flexibility index (Phi) is 5.47. The first-order valence-corrected chi connectivity index (χ1v) is 7.31. The fourth-order valence-electron chi connectivity index (χ4n) is 2.48. The number of allylic oxidation sites excluding steroid dienone is 2. The number of phenolic OH excluding ortho intramolecular Hbond substituents is 1. The standard InChI is InChI=1S/C19H20O5/c1-12(13-5-7-15(21)8-6-13)16(11-20)14-9-17(22-2)19(24-4)18(10-14)23-3/h5-11,21H,1-4H3. The number of hydrogen-bond donors (Lipinski definition) is 1. The normalized spacial score (nSPS) is 11.5. The zero-order valence-electron chi connectivity index (χ0n) is 14.1. The minimum atomic E-state index is 0.173. The first-order valence-electron chi connectivity index (χ1n) is 7.31. The van der Waals surface area contributed by atoms with Crippen molar-refractivity contribution in [1.82, 2.24) is 0 Å². The SMILES string of the molecule is COc1cc(C(C=O)=C(C)c2ccc(O)cc2)cc(OC)c1OC. The van der Waals surface area contributed by atoms with Crippen LogP contribution in [0.2, 0.25) is 0 Å². The molecule has 0 atom stereocenters. The van der Waals surface area contributed by atoms with E-state index in [-0.39, 0.29) is 5.75 Å². The van der Waals surface area contributed by atoms with Crippen molar-refractivity contribution in [2.45, 2.75) is 6.92 Å². The van der Waals surface area contributed by atoms with Crippen molar-refractivity contribution in [3.63, 3.8) is 0 Å². The number of aromatic hydroxyl groups is 1. The van der Waals surface area contributed by atoms with E-state index < -0.39 is 0 Å². The van der Waals surface area contributed by atoms with E-state index in [1.807, 2.05) is 6.92 Å². The van der Waals surface area contributed by atoms with E-state index in [2.05, 4.69) is 0 Å². The Morgan fingerprint density at radius 3 is 1.88 bits per heavy atom. The lowest BCUT2D eigenvalue weighted by atomic mass is 9.96. The Balaban J connectivity index is 2.64. The first-order chi connectivity index (χ1) is 11.5. The first kappa shape index (κ1) is 17.4. The molecule has 0 aliphatic heterocycles. The lowest BCUT2D eigenvalue weighted by Gasteiger charge is -2.15. The second-order valence-corrected chi connectivity index (χ2v) is 5.12. The summed E-state index contributed by atoms with van der Waals surface area (Å²) >= 11 is 0. The zero-order chi connectivity index (χ0) is 17.7. The largest absolute Gasteiger partial charge is 0.508 e. The van der Waals surface area contributed by atoms with Crippen molar-refractivity contribution in [3.8, 4) is 23.0 Å². The molecule has 5 nitrogen and oxygen atoms in total. The summed E-state index contributed by atoms with van der Waals surface area (Å²) in [6, 6.07) is 10.1. The molecule has 126 valence electrons. The fourth-order valence-corrected chi connectivity index (χ4v) is 2.48. The molecule has 0 fully saturated rings. The number of phenols is 1. The van der Waals surface area contributed by atoms with Gasteiger partial charge in [-0.1, -0.05) is 12.1 Å². The lowest BCUT2D eigenvalue weighted by Crippen LogP contribution is -1.98. The number of methoxy groups -OCH3 is 3. The van der Waals surface area contributed by atoms with Crippen LogP contribution in [0, 0.1) is 0 Å². The number of rotatable bonds is 6. The van der Waals surface area contributed by atoms with Gasteiger partial charge in [-0.3, -0.25) is 4.79 Å². The van der Waals surface area contributed by atoms with Gasteiger partial charge in [0.2, 0.25) is 5.75 Å². The molecule has 0 radical (unpaired) electrons. The maximum absolute atomic E-state index is 11.7. The molecular weight excluding hydrogens is 308 g/mol. The smallest absolute Gasteiger partial charge is 0.203 e. The summed E-state index contributed by atoms with van der Waals surface area (Å²) in [6.45, 7) is 1.85. The van der Waals surface area contributed by atoms with E-state index in [1.54, 1.807) is 36.4 Å². The third-order valence-electron chi connectivity index (χ3n) is 3.80. The van der Waals surface area contributed by atoms with Crippen LogP contribution in [0.4, 0.5) is 0 Å². The molecule has 0 aromatic heterocycles. The number of aldehydes is 1. The molecule has 0 aliphatic rings. The number of hydrogen-bond acceptors (Lipinski definition) is 5. The summed E-state index contributed by atoms with van der Waals surface area (Å²) in [5.74, 6) is 1.60. The van der Waals surface area contributed by atoms with Crippen LogP contribution in [0.25, 0.3) is 11.1 Å². The van der Waals surface area contributed by atoms with Crippen LogP contribution < -0.4 is 14.2 Å². The quantitative estimate of drug-likeness (QED) is 0.499. The molecular formula is C19H20O5. The van der Waals surface area contributed by atoms with E-state index in [4.69, 9.17) is 14.2 Å². The van der Waals surface area contributed by atoms with Crippen LogP contribution in [0.15, 0.2) is 36.4 Å². The van der Waals surface area contributed by atoms with Gasteiger partial charge in [-0.25, -0.2) is 0 Å². The topological polar surface area (TPSA) is 65.0 Å². The number of benzene rings is 2. The van der Waals surface area contributed by atoms with Gasteiger partial charge in [0.05, 0.1) is 21.3 Å². The second-order valence-electron chi connectivity index (χ2n) is 5.12. The van der Waals surface area contributed by atoms with Gasteiger partial charge in [-0.05, 0) is 47.9 Å². The fraction of sp³-hybridized carbons (Fsp3) is 0.211. The summed E-state index contributed by atoms with van der Waals surface area (Å²) in [7, 11) is 4.58. The molecule has 2 rings (SSSR count). The van der Waals surface area contributed by atoms with Crippen LogP contribution in [-0.2, 0) is 4.79 Å². The van der Waals surface area contributed by atoms with Gasteiger partial charge in [0, 0.05) is 5.57 Å². The van der Waals surface area contributed by atoms with E-state index >= 15 is 0 Å². The van der Waals surface area contributed by atoms with Crippen LogP contribution >= 0.6 is 0 Å². The van der Waals surface area contributed by atoms with Crippen molar-refractivity contribution in [2.75, 3.05) is 21.3 Å². The minimum Gasteiger partial charge on any atom is -0.508 e. The van der Waals surface area contributed by atoms with Gasteiger partial charge in [0.1, 0.15) is 5.75 Å². The Morgan fingerprint density at radius 2 is 1.46 bits per heavy atom. The zero-order valence-corrected chi connectivity index (χ0v) is 14.1. The van der Waals surface area contributed by atoms with Gasteiger partial charge >= 0.3 is 0 Å². The summed E-state index contributed by atoms with van der Waals surface area (Å²) < 4.78 is 16.0. The summed E-state index contributed by atoms with van der Waals surface area (Å²) in [5.41, 5.74) is 2.77. The maximum Gasteiger partial charge on any atom is 0.203 e. The molecule has 0 aliphatic carbocycles. The highest BCUT2D eigenvalue weighted by molar-refractivity contribution is 6.17. The average Bonchev–Trinajstić information content (AvgIpc) is 2.61. The van der Waals surface area contributed by atoms with Crippen molar-refractivity contribution >= 4 is 17.4 Å². The van der Waals surface area contributed by atoms with Gasteiger partial charge in [-0.15, -0.1) is 0 Å². The van der Waals surface area contributed by atoms with Crippen LogP contribution in [-0.4, -0.2) is 32.7 Å². The predicted molar refractivity (Wildman–Crippen MR) is 92.8 cm³/mol. The molecule has 0 amide bonds. The number of ether oxygens (including phenoxy) is 3. The molecule has 1 N–H and O–H groups in total. The Morgan fingerprint density at radius 1 is 0.917 bits per heavy atom. The molecule has 0 saturated carbocycles. The highest BCUT2D eigenvalue weighted by Gasteiger charge is 2.16. The van der Waals surface area contributed by atoms with Crippen molar-refractivity contribution in [2.24, 2.45) is 0 Å². The predicted octanol–water partition coefficient (Wildman–Crippen LogP) is 3.55. The third-order valence-corrected chi connectivity index (χ3v) is 3.80. The van der Waals surface area contributed by atoms with Crippen LogP contribution in [0.5, 0.6) is 23.0 Å². The van der Waals surface area contributed by atoms with Gasteiger partial charge in [0.25, 0.3) is 0 Å². The number of carbonyl (C=O) groups is 1. The summed E-state index contributed by atoms with van der Waals surface area (Å²) in [4.78, 5) is 11.7. The molecule has 2 aromatic rings. The van der Waals surface area contributed by atoms with Crippen molar-refractivity contribution < 1.29 is 24.1 Å². The van der Waals surface area contributed by atoms with Crippen LogP contribution in [0.1, 0.15) is 18.1 Å². The maximum atomic E-state index is 11.7. The van der Waals surface area contributed by atoms with Crippen molar-refractivity contribution in [1.29, 1.82) is 0 Å². The molecule has 0 heterocycles. The van der Waals surface area contributed by atoms with E-state index in [0.29, 0.717) is 28.4 Å². The van der Waals surface area contributed by atoms with E-state index in [0.717, 1.165) is 17.4 Å². The third kappa shape index (κ3) is 3.35. The molecule has 0 bridgehead atoms. The lowest BCUT2D eigenvalue weighted by molar-refractivity contribution is -0.103. The molecule has 0 saturated heterocycles. The van der Waals surface area contributed by atoms with Crippen molar-refractivity contribution in [3.05, 3.63) is 47.5 Å². The Bertz CT molecular complexity index is 735. The van der Waals surface area contributed by atoms with E-state index in [9.17, 15) is 9.90 Å². The second kappa shape index (κ2) is 7.55. The minimum absolute atomic E-state index is 0.173. The Hall–Kier alpha value is -2.95. The molecule has 0 unspecified atom stereocenters. The highest BCUT2D eigenvalue weighted by Crippen LogP contribution is 2.40. The van der Waals surface area contributed by atoms with Gasteiger partial charge in [0.15, 0.2) is 17.8 Å². The molecule has 24 heavy (non-hydrogen) atoms. The molecule has 5 heteroatoms. The van der Waals surface area contributed by atoms with Gasteiger partial charge in [-0.2, -0.15) is 0 Å².